The van der Waals surface area contributed by atoms with E-state index >= 15 is 4.39 Å². The molecule has 35 heavy (non-hydrogen) atoms. The van der Waals surface area contributed by atoms with Gasteiger partial charge in [0.05, 0.1) is 30.0 Å². The minimum atomic E-state index is -0.447. The second-order valence-corrected chi connectivity index (χ2v) is 9.22. The van der Waals surface area contributed by atoms with E-state index in [1.165, 1.54) is 37.1 Å². The van der Waals surface area contributed by atoms with Crippen LogP contribution in [0.2, 0.25) is 0 Å². The van der Waals surface area contributed by atoms with Gasteiger partial charge in [-0.3, -0.25) is 9.69 Å². The van der Waals surface area contributed by atoms with Crippen molar-refractivity contribution < 1.29 is 18.3 Å². The number of hydrogen-bond acceptors (Lipinski definition) is 5. The van der Waals surface area contributed by atoms with Crippen molar-refractivity contribution in [1.29, 1.82) is 0 Å². The molecular formula is C27H30F2N4O2. The van der Waals surface area contributed by atoms with Gasteiger partial charge in [-0.25, -0.2) is 13.8 Å². The van der Waals surface area contributed by atoms with Crippen LogP contribution >= 0.6 is 0 Å². The number of benzene rings is 2. The second-order valence-electron chi connectivity index (χ2n) is 9.22. The lowest BCUT2D eigenvalue weighted by molar-refractivity contribution is 0.0341. The van der Waals surface area contributed by atoms with Crippen molar-refractivity contribution in [3.05, 3.63) is 65.2 Å². The Balaban J connectivity index is 1.40. The molecule has 0 unspecified atom stereocenters. The summed E-state index contributed by atoms with van der Waals surface area (Å²) in [6.07, 6.45) is 2.37. The van der Waals surface area contributed by atoms with Crippen molar-refractivity contribution in [3.8, 4) is 11.3 Å². The normalized spacial score (nSPS) is 17.2. The van der Waals surface area contributed by atoms with Crippen molar-refractivity contribution in [2.45, 2.75) is 19.4 Å². The highest BCUT2D eigenvalue weighted by molar-refractivity contribution is 6.07. The van der Waals surface area contributed by atoms with Gasteiger partial charge in [-0.05, 0) is 67.9 Å². The Morgan fingerprint density at radius 3 is 2.54 bits per heavy atom. The summed E-state index contributed by atoms with van der Waals surface area (Å²) >= 11 is 0. The number of aromatic nitrogens is 1. The fraction of sp³-hybridized carbons (Fsp3) is 0.407. The molecule has 2 aliphatic rings. The Morgan fingerprint density at radius 1 is 0.971 bits per heavy atom. The molecule has 0 radical (unpaired) electrons. The van der Waals surface area contributed by atoms with Gasteiger partial charge in [0, 0.05) is 43.7 Å². The van der Waals surface area contributed by atoms with Crippen LogP contribution in [0.1, 0.15) is 28.8 Å². The van der Waals surface area contributed by atoms with Gasteiger partial charge in [-0.2, -0.15) is 0 Å². The SMILES string of the molecule is O=C(NCCN1CCCC1)c1cc(-c2ccc(CN3CCOCC3)cc2F)nc2ccc(F)cc12. The van der Waals surface area contributed by atoms with E-state index in [1.54, 1.807) is 12.1 Å². The number of halogens is 2. The van der Waals surface area contributed by atoms with Gasteiger partial charge in [0.1, 0.15) is 11.6 Å². The lowest BCUT2D eigenvalue weighted by Crippen LogP contribution is -2.35. The molecule has 1 aromatic heterocycles. The molecule has 8 heteroatoms. The molecule has 0 saturated carbocycles. The molecule has 1 amide bonds. The first-order chi connectivity index (χ1) is 17.1. The molecule has 0 atom stereocenters. The molecule has 2 saturated heterocycles. The van der Waals surface area contributed by atoms with E-state index in [-0.39, 0.29) is 5.91 Å². The number of amides is 1. The highest BCUT2D eigenvalue weighted by Crippen LogP contribution is 2.28. The van der Waals surface area contributed by atoms with Crippen molar-refractivity contribution in [2.24, 2.45) is 0 Å². The molecule has 184 valence electrons. The molecule has 6 nitrogen and oxygen atoms in total. The first-order valence-corrected chi connectivity index (χ1v) is 12.3. The van der Waals surface area contributed by atoms with E-state index in [1.807, 2.05) is 6.07 Å². The van der Waals surface area contributed by atoms with Crippen molar-refractivity contribution >= 4 is 16.8 Å². The maximum atomic E-state index is 15.2. The van der Waals surface area contributed by atoms with Crippen LogP contribution in [0.15, 0.2) is 42.5 Å². The van der Waals surface area contributed by atoms with Crippen LogP contribution in [0.4, 0.5) is 8.78 Å². The molecule has 3 aromatic rings. The van der Waals surface area contributed by atoms with Gasteiger partial charge >= 0.3 is 0 Å². The second kappa shape index (κ2) is 10.8. The van der Waals surface area contributed by atoms with Crippen LogP contribution in [0.5, 0.6) is 0 Å². The lowest BCUT2D eigenvalue weighted by Gasteiger charge is -2.26. The average molecular weight is 481 g/mol. The Hall–Kier alpha value is -2.94. The molecule has 0 bridgehead atoms. The molecule has 1 N–H and O–H groups in total. The number of ether oxygens (including phenoxy) is 1. The van der Waals surface area contributed by atoms with Gasteiger partial charge in [-0.1, -0.05) is 6.07 Å². The highest BCUT2D eigenvalue weighted by atomic mass is 19.1. The monoisotopic (exact) mass is 480 g/mol. The van der Waals surface area contributed by atoms with E-state index < -0.39 is 11.6 Å². The largest absolute Gasteiger partial charge is 0.379 e. The molecule has 5 rings (SSSR count). The van der Waals surface area contributed by atoms with Gasteiger partial charge < -0.3 is 15.0 Å². The summed E-state index contributed by atoms with van der Waals surface area (Å²) in [6.45, 7) is 7.03. The fourth-order valence-corrected chi connectivity index (χ4v) is 4.84. The van der Waals surface area contributed by atoms with E-state index in [4.69, 9.17) is 4.74 Å². The third kappa shape index (κ3) is 5.66. The Labute approximate surface area is 203 Å². The lowest BCUT2D eigenvalue weighted by atomic mass is 10.0. The Kier molecular flexibility index (Phi) is 7.32. The predicted octanol–water partition coefficient (Wildman–Crippen LogP) is 3.84. The summed E-state index contributed by atoms with van der Waals surface area (Å²) in [5.74, 6) is -1.16. The molecular weight excluding hydrogens is 450 g/mol. The topological polar surface area (TPSA) is 57.7 Å². The number of fused-ring (bicyclic) bond motifs is 1. The Bertz CT molecular complexity index is 1210. The summed E-state index contributed by atoms with van der Waals surface area (Å²) in [6, 6.07) is 10.8. The van der Waals surface area contributed by atoms with Crippen LogP contribution in [-0.2, 0) is 11.3 Å². The van der Waals surface area contributed by atoms with Crippen LogP contribution < -0.4 is 5.32 Å². The van der Waals surface area contributed by atoms with Gasteiger partial charge in [0.2, 0.25) is 0 Å². The van der Waals surface area contributed by atoms with Crippen molar-refractivity contribution in [1.82, 2.24) is 20.1 Å². The minimum Gasteiger partial charge on any atom is -0.379 e. The standard InChI is InChI=1S/C27H30F2N4O2/c28-20-4-6-25-22(16-20)23(27(34)30-7-10-32-8-1-2-9-32)17-26(31-25)21-5-3-19(15-24(21)29)18-33-11-13-35-14-12-33/h3-6,15-17H,1-2,7-14,18H2,(H,30,34). The molecule has 0 aliphatic carbocycles. The maximum absolute atomic E-state index is 15.2. The zero-order chi connectivity index (χ0) is 24.2. The van der Waals surface area contributed by atoms with E-state index in [9.17, 15) is 9.18 Å². The zero-order valence-electron chi connectivity index (χ0n) is 19.7. The summed E-state index contributed by atoms with van der Waals surface area (Å²) in [4.78, 5) is 22.2. The maximum Gasteiger partial charge on any atom is 0.252 e. The number of rotatable bonds is 7. The summed E-state index contributed by atoms with van der Waals surface area (Å²) < 4.78 is 34.6. The smallest absolute Gasteiger partial charge is 0.252 e. The van der Waals surface area contributed by atoms with Crippen molar-refractivity contribution in [3.63, 3.8) is 0 Å². The van der Waals surface area contributed by atoms with Gasteiger partial charge in [0.15, 0.2) is 0 Å². The number of likely N-dealkylation sites (tertiary alicyclic amines) is 1. The first kappa shape index (κ1) is 23.8. The summed E-state index contributed by atoms with van der Waals surface area (Å²) in [5, 5.41) is 3.36. The molecule has 2 aliphatic heterocycles. The molecule has 3 heterocycles. The number of carbonyl (C=O) groups is 1. The number of nitrogens with one attached hydrogen (secondary N) is 1. The zero-order valence-corrected chi connectivity index (χ0v) is 19.7. The third-order valence-electron chi connectivity index (χ3n) is 6.75. The number of hydrogen-bond donors (Lipinski definition) is 1. The fourth-order valence-electron chi connectivity index (χ4n) is 4.84. The van der Waals surface area contributed by atoms with Crippen LogP contribution in [0.25, 0.3) is 22.2 Å². The molecule has 2 fully saturated rings. The van der Waals surface area contributed by atoms with Gasteiger partial charge in [-0.15, -0.1) is 0 Å². The van der Waals surface area contributed by atoms with Crippen LogP contribution in [0, 0.1) is 11.6 Å². The quantitative estimate of drug-likeness (QED) is 0.557. The number of nitrogens with zero attached hydrogens (tertiary/aromatic N) is 3. The van der Waals surface area contributed by atoms with Crippen LogP contribution in [0.3, 0.4) is 0 Å². The summed E-state index contributed by atoms with van der Waals surface area (Å²) in [7, 11) is 0. The predicted molar refractivity (Wildman–Crippen MR) is 131 cm³/mol. The average Bonchev–Trinajstić information content (AvgIpc) is 3.38. The highest BCUT2D eigenvalue weighted by Gasteiger charge is 2.18. The van der Waals surface area contributed by atoms with Crippen LogP contribution in [-0.4, -0.2) is 73.2 Å². The van der Waals surface area contributed by atoms with E-state index in [0.717, 1.165) is 38.3 Å². The van der Waals surface area contributed by atoms with Gasteiger partial charge in [0.25, 0.3) is 5.91 Å². The molecule has 0 spiro atoms. The number of carbonyl (C=O) groups excluding carboxylic acids is 1. The van der Waals surface area contributed by atoms with E-state index in [2.05, 4.69) is 20.1 Å². The first-order valence-electron chi connectivity index (χ1n) is 12.3. The third-order valence-corrected chi connectivity index (χ3v) is 6.75. The minimum absolute atomic E-state index is 0.294. The Morgan fingerprint density at radius 2 is 1.77 bits per heavy atom. The summed E-state index contributed by atoms with van der Waals surface area (Å²) in [5.41, 5.74) is 2.28. The van der Waals surface area contributed by atoms with E-state index in [0.29, 0.717) is 54.0 Å². The number of morpholine rings is 1. The number of pyridine rings is 1. The van der Waals surface area contributed by atoms with Crippen molar-refractivity contribution in [2.75, 3.05) is 52.5 Å². The molecule has 2 aromatic carbocycles.